The van der Waals surface area contributed by atoms with Crippen molar-refractivity contribution in [1.82, 2.24) is 0 Å². The number of carbonyl (C=O) groups is 1. The monoisotopic (exact) mass is 244 g/mol. The Labute approximate surface area is 106 Å². The summed E-state index contributed by atoms with van der Waals surface area (Å²) >= 11 is 1.54. The van der Waals surface area contributed by atoms with Crippen LogP contribution in [0.25, 0.3) is 0 Å². The molecule has 0 spiro atoms. The maximum atomic E-state index is 12.1. The predicted molar refractivity (Wildman–Crippen MR) is 72.9 cm³/mol. The highest BCUT2D eigenvalue weighted by atomic mass is 32.1. The fourth-order valence-electron chi connectivity index (χ4n) is 1.82. The number of thiophene rings is 1. The summed E-state index contributed by atoms with van der Waals surface area (Å²) in [4.78, 5) is 13.0. The zero-order valence-corrected chi connectivity index (χ0v) is 11.0. The zero-order chi connectivity index (χ0) is 12.3. The number of rotatable bonds is 4. The van der Waals surface area contributed by atoms with Gasteiger partial charge in [-0.2, -0.15) is 0 Å². The lowest BCUT2D eigenvalue weighted by Gasteiger charge is -2.02. The Hall–Kier alpha value is -1.41. The highest BCUT2D eigenvalue weighted by Crippen LogP contribution is 2.18. The third-order valence-electron chi connectivity index (χ3n) is 2.91. The van der Waals surface area contributed by atoms with E-state index in [2.05, 4.69) is 31.2 Å². The lowest BCUT2D eigenvalue weighted by atomic mass is 10.0. The van der Waals surface area contributed by atoms with Gasteiger partial charge in [-0.25, -0.2) is 0 Å². The number of ketones is 1. The molecule has 2 heteroatoms. The smallest absolute Gasteiger partial charge is 0.177 e. The van der Waals surface area contributed by atoms with Gasteiger partial charge in [0.05, 0.1) is 4.88 Å². The molecule has 0 atom stereocenters. The topological polar surface area (TPSA) is 17.1 Å². The molecule has 1 aromatic heterocycles. The second kappa shape index (κ2) is 5.28. The van der Waals surface area contributed by atoms with Crippen LogP contribution in [-0.4, -0.2) is 5.78 Å². The number of carbonyl (C=O) groups excluding carboxylic acids is 1. The predicted octanol–water partition coefficient (Wildman–Crippen LogP) is 4.04. The lowest BCUT2D eigenvalue weighted by molar-refractivity contribution is 0.0996. The molecule has 0 aliphatic rings. The SMILES string of the molecule is CCc1ccc(CC(=O)c2sccc2C)cc1. The summed E-state index contributed by atoms with van der Waals surface area (Å²) in [6.07, 6.45) is 1.55. The van der Waals surface area contributed by atoms with Crippen molar-refractivity contribution >= 4 is 17.1 Å². The van der Waals surface area contributed by atoms with E-state index in [-0.39, 0.29) is 5.78 Å². The Morgan fingerprint density at radius 1 is 1.12 bits per heavy atom. The molecule has 88 valence electrons. The summed E-state index contributed by atoms with van der Waals surface area (Å²) in [5, 5.41) is 1.97. The molecule has 0 radical (unpaired) electrons. The molecule has 0 aliphatic heterocycles. The first kappa shape index (κ1) is 12.1. The van der Waals surface area contributed by atoms with Crippen LogP contribution in [0.5, 0.6) is 0 Å². The molecular formula is C15H16OS. The quantitative estimate of drug-likeness (QED) is 0.742. The van der Waals surface area contributed by atoms with E-state index in [1.165, 1.54) is 16.9 Å². The maximum absolute atomic E-state index is 12.1. The van der Waals surface area contributed by atoms with Crippen LogP contribution < -0.4 is 0 Å². The highest BCUT2D eigenvalue weighted by Gasteiger charge is 2.10. The van der Waals surface area contributed by atoms with Crippen LogP contribution >= 0.6 is 11.3 Å². The molecule has 0 amide bonds. The molecule has 1 nitrogen and oxygen atoms in total. The van der Waals surface area contributed by atoms with Crippen molar-refractivity contribution < 1.29 is 4.79 Å². The maximum Gasteiger partial charge on any atom is 0.177 e. The summed E-state index contributed by atoms with van der Waals surface area (Å²) in [5.74, 6) is 0.224. The Morgan fingerprint density at radius 2 is 1.76 bits per heavy atom. The molecule has 0 N–H and O–H groups in total. The third kappa shape index (κ3) is 2.83. The summed E-state index contributed by atoms with van der Waals surface area (Å²) in [7, 11) is 0. The van der Waals surface area contributed by atoms with Crippen molar-refractivity contribution in [3.63, 3.8) is 0 Å². The van der Waals surface area contributed by atoms with Gasteiger partial charge in [0.1, 0.15) is 0 Å². The van der Waals surface area contributed by atoms with Gasteiger partial charge in [-0.1, -0.05) is 31.2 Å². The van der Waals surface area contributed by atoms with Crippen molar-refractivity contribution in [3.05, 3.63) is 57.3 Å². The molecule has 2 rings (SSSR count). The van der Waals surface area contributed by atoms with E-state index < -0.39 is 0 Å². The Bertz CT molecular complexity index is 508. The van der Waals surface area contributed by atoms with E-state index in [4.69, 9.17) is 0 Å². The molecule has 0 saturated heterocycles. The van der Waals surface area contributed by atoms with Crippen LogP contribution in [0.15, 0.2) is 35.7 Å². The first-order valence-electron chi connectivity index (χ1n) is 5.86. The lowest BCUT2D eigenvalue weighted by Crippen LogP contribution is -2.02. The van der Waals surface area contributed by atoms with E-state index in [1.807, 2.05) is 18.4 Å². The van der Waals surface area contributed by atoms with Gasteiger partial charge in [0.2, 0.25) is 0 Å². The minimum absolute atomic E-state index is 0.224. The van der Waals surface area contributed by atoms with Crippen molar-refractivity contribution in [2.75, 3.05) is 0 Å². The fraction of sp³-hybridized carbons (Fsp3) is 0.267. The molecule has 0 bridgehead atoms. The number of aryl methyl sites for hydroxylation is 2. The van der Waals surface area contributed by atoms with Crippen LogP contribution in [-0.2, 0) is 12.8 Å². The van der Waals surface area contributed by atoms with Gasteiger partial charge in [-0.3, -0.25) is 4.79 Å². The number of Topliss-reactive ketones (excluding diaryl/α,β-unsaturated/α-hetero) is 1. The van der Waals surface area contributed by atoms with Crippen molar-refractivity contribution in [2.24, 2.45) is 0 Å². The second-order valence-electron chi connectivity index (χ2n) is 4.20. The van der Waals surface area contributed by atoms with Gasteiger partial charge >= 0.3 is 0 Å². The van der Waals surface area contributed by atoms with Crippen LogP contribution in [0.4, 0.5) is 0 Å². The second-order valence-corrected chi connectivity index (χ2v) is 5.12. The van der Waals surface area contributed by atoms with Crippen LogP contribution in [0.1, 0.15) is 33.3 Å². The summed E-state index contributed by atoms with van der Waals surface area (Å²) < 4.78 is 0. The average Bonchev–Trinajstić information content (AvgIpc) is 2.76. The largest absolute Gasteiger partial charge is 0.293 e. The number of hydrogen-bond acceptors (Lipinski definition) is 2. The van der Waals surface area contributed by atoms with Crippen LogP contribution in [0.2, 0.25) is 0 Å². The van der Waals surface area contributed by atoms with Crippen molar-refractivity contribution in [2.45, 2.75) is 26.7 Å². The molecule has 0 aliphatic carbocycles. The van der Waals surface area contributed by atoms with Gasteiger partial charge in [-0.05, 0) is 41.5 Å². The minimum atomic E-state index is 0.224. The van der Waals surface area contributed by atoms with E-state index >= 15 is 0 Å². The number of benzene rings is 1. The average molecular weight is 244 g/mol. The normalized spacial score (nSPS) is 10.5. The minimum Gasteiger partial charge on any atom is -0.293 e. The summed E-state index contributed by atoms with van der Waals surface area (Å²) in [5.41, 5.74) is 3.50. The Balaban J connectivity index is 2.10. The van der Waals surface area contributed by atoms with Gasteiger partial charge in [-0.15, -0.1) is 11.3 Å². The molecular weight excluding hydrogens is 228 g/mol. The third-order valence-corrected chi connectivity index (χ3v) is 3.97. The highest BCUT2D eigenvalue weighted by molar-refractivity contribution is 7.12. The van der Waals surface area contributed by atoms with Crippen LogP contribution in [0, 0.1) is 6.92 Å². The Morgan fingerprint density at radius 3 is 2.29 bits per heavy atom. The van der Waals surface area contributed by atoms with E-state index in [1.54, 1.807) is 0 Å². The fourth-order valence-corrected chi connectivity index (χ4v) is 2.68. The van der Waals surface area contributed by atoms with E-state index in [0.29, 0.717) is 6.42 Å². The summed E-state index contributed by atoms with van der Waals surface area (Å²) in [6.45, 7) is 4.12. The standard InChI is InChI=1S/C15H16OS/c1-3-12-4-6-13(7-5-12)10-14(16)15-11(2)8-9-17-15/h4-9H,3,10H2,1-2H3. The molecule has 0 unspecified atom stereocenters. The molecule has 17 heavy (non-hydrogen) atoms. The van der Waals surface area contributed by atoms with E-state index in [9.17, 15) is 4.79 Å². The van der Waals surface area contributed by atoms with Gasteiger partial charge < -0.3 is 0 Å². The van der Waals surface area contributed by atoms with Crippen molar-refractivity contribution in [3.8, 4) is 0 Å². The van der Waals surface area contributed by atoms with Crippen LogP contribution in [0.3, 0.4) is 0 Å². The van der Waals surface area contributed by atoms with Gasteiger partial charge in [0.15, 0.2) is 5.78 Å². The molecule has 2 aromatic rings. The van der Waals surface area contributed by atoms with E-state index in [0.717, 1.165) is 22.4 Å². The first-order valence-corrected chi connectivity index (χ1v) is 6.73. The van der Waals surface area contributed by atoms with Crippen molar-refractivity contribution in [1.29, 1.82) is 0 Å². The first-order chi connectivity index (χ1) is 8.20. The zero-order valence-electron chi connectivity index (χ0n) is 10.2. The van der Waals surface area contributed by atoms with Gasteiger partial charge in [0.25, 0.3) is 0 Å². The Kier molecular flexibility index (Phi) is 3.75. The summed E-state index contributed by atoms with van der Waals surface area (Å²) in [6, 6.07) is 10.3. The molecule has 0 saturated carbocycles. The molecule has 0 fully saturated rings. The molecule has 1 aromatic carbocycles. The molecule has 1 heterocycles. The van der Waals surface area contributed by atoms with Gasteiger partial charge in [0, 0.05) is 6.42 Å². The number of hydrogen-bond donors (Lipinski definition) is 0.